The molecular formula is C16H27N3O3. The van der Waals surface area contributed by atoms with Gasteiger partial charge >= 0.3 is 6.03 Å². The molecule has 1 heterocycles. The molecule has 124 valence electrons. The number of nitrogens with one attached hydrogen (secondary N) is 2. The fourth-order valence-electron chi connectivity index (χ4n) is 3.29. The van der Waals surface area contributed by atoms with E-state index in [1.807, 2.05) is 0 Å². The average molecular weight is 309 g/mol. The SMILES string of the molecule is CCCCCCNC(=O)CN1C(=O)NC2(CCCCC2)C1=O. The van der Waals surface area contributed by atoms with E-state index in [0.29, 0.717) is 19.4 Å². The van der Waals surface area contributed by atoms with Crippen LogP contribution in [0.15, 0.2) is 0 Å². The predicted molar refractivity (Wildman–Crippen MR) is 83.2 cm³/mol. The Hall–Kier alpha value is -1.59. The van der Waals surface area contributed by atoms with Crippen LogP contribution >= 0.6 is 0 Å². The second-order valence-corrected chi connectivity index (χ2v) is 6.37. The Morgan fingerprint density at radius 1 is 1.18 bits per heavy atom. The predicted octanol–water partition coefficient (Wildman–Crippen LogP) is 1.94. The monoisotopic (exact) mass is 309 g/mol. The highest BCUT2D eigenvalue weighted by atomic mass is 16.2. The van der Waals surface area contributed by atoms with Gasteiger partial charge in [0.05, 0.1) is 0 Å². The second-order valence-electron chi connectivity index (χ2n) is 6.37. The molecule has 0 radical (unpaired) electrons. The molecule has 1 aliphatic heterocycles. The maximum atomic E-state index is 12.5. The summed E-state index contributed by atoms with van der Waals surface area (Å²) in [5.74, 6) is -0.480. The molecule has 2 rings (SSSR count). The van der Waals surface area contributed by atoms with Gasteiger partial charge in [-0.2, -0.15) is 0 Å². The number of urea groups is 1. The summed E-state index contributed by atoms with van der Waals surface area (Å²) < 4.78 is 0. The van der Waals surface area contributed by atoms with Gasteiger partial charge in [0.1, 0.15) is 12.1 Å². The van der Waals surface area contributed by atoms with Crippen molar-refractivity contribution in [3.05, 3.63) is 0 Å². The van der Waals surface area contributed by atoms with Gasteiger partial charge in [-0.3, -0.25) is 14.5 Å². The fraction of sp³-hybridized carbons (Fsp3) is 0.812. The molecule has 0 unspecified atom stereocenters. The molecule has 0 aromatic heterocycles. The summed E-state index contributed by atoms with van der Waals surface area (Å²) in [7, 11) is 0. The van der Waals surface area contributed by atoms with Crippen LogP contribution in [0.1, 0.15) is 64.7 Å². The summed E-state index contributed by atoms with van der Waals surface area (Å²) in [5, 5.41) is 5.60. The van der Waals surface area contributed by atoms with Crippen LogP contribution in [-0.4, -0.2) is 41.4 Å². The van der Waals surface area contributed by atoms with Crippen LogP contribution in [0.5, 0.6) is 0 Å². The van der Waals surface area contributed by atoms with Crippen molar-refractivity contribution < 1.29 is 14.4 Å². The second kappa shape index (κ2) is 7.61. The molecule has 6 nitrogen and oxygen atoms in total. The van der Waals surface area contributed by atoms with E-state index in [1.165, 1.54) is 0 Å². The minimum absolute atomic E-state index is 0.166. The lowest BCUT2D eigenvalue weighted by Crippen LogP contribution is -2.49. The van der Waals surface area contributed by atoms with Crippen LogP contribution in [0.4, 0.5) is 4.79 Å². The molecule has 1 aliphatic carbocycles. The first-order chi connectivity index (χ1) is 10.6. The Morgan fingerprint density at radius 2 is 1.91 bits per heavy atom. The lowest BCUT2D eigenvalue weighted by molar-refractivity contribution is -0.135. The molecule has 4 amide bonds. The maximum Gasteiger partial charge on any atom is 0.325 e. The number of nitrogens with zero attached hydrogens (tertiary/aromatic N) is 1. The van der Waals surface area contributed by atoms with Gasteiger partial charge in [0.25, 0.3) is 5.91 Å². The van der Waals surface area contributed by atoms with E-state index in [4.69, 9.17) is 0 Å². The van der Waals surface area contributed by atoms with Gasteiger partial charge in [0, 0.05) is 6.54 Å². The maximum absolute atomic E-state index is 12.5. The van der Waals surface area contributed by atoms with Gasteiger partial charge in [-0.1, -0.05) is 45.4 Å². The van der Waals surface area contributed by atoms with Crippen molar-refractivity contribution in [2.24, 2.45) is 0 Å². The topological polar surface area (TPSA) is 78.5 Å². The van der Waals surface area contributed by atoms with Gasteiger partial charge in [0.15, 0.2) is 0 Å². The third kappa shape index (κ3) is 3.78. The average Bonchev–Trinajstić information content (AvgIpc) is 2.72. The quantitative estimate of drug-likeness (QED) is 0.557. The lowest BCUT2D eigenvalue weighted by atomic mass is 9.82. The van der Waals surface area contributed by atoms with E-state index in [-0.39, 0.29) is 18.4 Å². The van der Waals surface area contributed by atoms with Crippen LogP contribution < -0.4 is 10.6 Å². The van der Waals surface area contributed by atoms with Gasteiger partial charge in [0.2, 0.25) is 5.91 Å². The Kier molecular flexibility index (Phi) is 5.80. The number of hydrogen-bond acceptors (Lipinski definition) is 3. The summed E-state index contributed by atoms with van der Waals surface area (Å²) in [4.78, 5) is 37.5. The first-order valence-corrected chi connectivity index (χ1v) is 8.50. The largest absolute Gasteiger partial charge is 0.355 e. The van der Waals surface area contributed by atoms with E-state index in [9.17, 15) is 14.4 Å². The van der Waals surface area contributed by atoms with Crippen LogP contribution in [0.3, 0.4) is 0 Å². The van der Waals surface area contributed by atoms with Crippen LogP contribution in [0.2, 0.25) is 0 Å². The third-order valence-corrected chi connectivity index (χ3v) is 4.61. The molecule has 22 heavy (non-hydrogen) atoms. The van der Waals surface area contributed by atoms with Crippen LogP contribution in [0.25, 0.3) is 0 Å². The summed E-state index contributed by atoms with van der Waals surface area (Å²) in [6.45, 7) is 2.57. The Labute approximate surface area is 132 Å². The molecular weight excluding hydrogens is 282 g/mol. The third-order valence-electron chi connectivity index (χ3n) is 4.61. The molecule has 2 fully saturated rings. The molecule has 1 saturated carbocycles. The zero-order chi connectivity index (χ0) is 16.0. The normalized spacial score (nSPS) is 20.3. The minimum atomic E-state index is -0.739. The van der Waals surface area contributed by atoms with Crippen molar-refractivity contribution in [1.82, 2.24) is 15.5 Å². The fourth-order valence-corrected chi connectivity index (χ4v) is 3.29. The molecule has 2 N–H and O–H groups in total. The number of rotatable bonds is 7. The van der Waals surface area contributed by atoms with Gasteiger partial charge in [-0.15, -0.1) is 0 Å². The molecule has 2 aliphatic rings. The van der Waals surface area contributed by atoms with Crippen LogP contribution in [0, 0.1) is 0 Å². The summed E-state index contributed by atoms with van der Waals surface area (Å²) in [6.07, 6.45) is 8.70. The smallest absolute Gasteiger partial charge is 0.325 e. The van der Waals surface area contributed by atoms with Gasteiger partial charge in [-0.25, -0.2) is 4.79 Å². The number of unbranched alkanes of at least 4 members (excludes halogenated alkanes) is 3. The summed E-state index contributed by atoms with van der Waals surface area (Å²) in [6, 6.07) is -0.423. The van der Waals surface area contributed by atoms with Crippen LogP contribution in [-0.2, 0) is 9.59 Å². The Bertz CT molecular complexity index is 430. The number of amides is 4. The van der Waals surface area contributed by atoms with Gasteiger partial charge in [-0.05, 0) is 19.3 Å². The van der Waals surface area contributed by atoms with E-state index in [2.05, 4.69) is 17.6 Å². The minimum Gasteiger partial charge on any atom is -0.355 e. The van der Waals surface area contributed by atoms with E-state index < -0.39 is 11.6 Å². The number of imide groups is 1. The Morgan fingerprint density at radius 3 is 2.59 bits per heavy atom. The van der Waals surface area contributed by atoms with Crippen molar-refractivity contribution in [1.29, 1.82) is 0 Å². The molecule has 6 heteroatoms. The Balaban J connectivity index is 1.80. The number of hydrogen-bond donors (Lipinski definition) is 2. The van der Waals surface area contributed by atoms with Crippen molar-refractivity contribution in [2.75, 3.05) is 13.1 Å². The molecule has 0 aromatic rings. The van der Waals surface area contributed by atoms with Gasteiger partial charge < -0.3 is 10.6 Å². The standard InChI is InChI=1S/C16H27N3O3/c1-2-3-4-8-11-17-13(20)12-19-14(21)16(18-15(19)22)9-6-5-7-10-16/h2-12H2,1H3,(H,17,20)(H,18,22). The molecule has 0 atom stereocenters. The molecule has 0 bridgehead atoms. The first kappa shape index (κ1) is 16.8. The van der Waals surface area contributed by atoms with Crippen molar-refractivity contribution in [2.45, 2.75) is 70.3 Å². The highest BCUT2D eigenvalue weighted by molar-refractivity contribution is 6.09. The first-order valence-electron chi connectivity index (χ1n) is 8.50. The highest BCUT2D eigenvalue weighted by Gasteiger charge is 2.51. The number of carbonyl (C=O) groups is 3. The highest BCUT2D eigenvalue weighted by Crippen LogP contribution is 2.33. The zero-order valence-electron chi connectivity index (χ0n) is 13.5. The summed E-state index contributed by atoms with van der Waals surface area (Å²) >= 11 is 0. The van der Waals surface area contributed by atoms with Crippen molar-refractivity contribution in [3.8, 4) is 0 Å². The van der Waals surface area contributed by atoms with Crippen molar-refractivity contribution in [3.63, 3.8) is 0 Å². The lowest BCUT2D eigenvalue weighted by Gasteiger charge is -2.30. The number of carbonyl (C=O) groups excluding carboxylic acids is 3. The van der Waals surface area contributed by atoms with E-state index in [1.54, 1.807) is 0 Å². The van der Waals surface area contributed by atoms with Crippen molar-refractivity contribution >= 4 is 17.8 Å². The molecule has 1 saturated heterocycles. The zero-order valence-corrected chi connectivity index (χ0v) is 13.5. The van der Waals surface area contributed by atoms with E-state index in [0.717, 1.165) is 49.8 Å². The van der Waals surface area contributed by atoms with E-state index >= 15 is 0 Å². The molecule has 0 aromatic carbocycles. The summed E-state index contributed by atoms with van der Waals surface area (Å²) in [5.41, 5.74) is -0.739. The molecule has 1 spiro atoms.